The van der Waals surface area contributed by atoms with Gasteiger partial charge in [0.2, 0.25) is 0 Å². The summed E-state index contributed by atoms with van der Waals surface area (Å²) in [4.78, 5) is 13.8. The van der Waals surface area contributed by atoms with Gasteiger partial charge in [-0.1, -0.05) is 68.3 Å². The monoisotopic (exact) mass is 361 g/mol. The summed E-state index contributed by atoms with van der Waals surface area (Å²) >= 11 is 0. The Morgan fingerprint density at radius 3 is 2.08 bits per heavy atom. The third-order valence-electron chi connectivity index (χ3n) is 3.96. The second-order valence-electron chi connectivity index (χ2n) is 5.97. The molecule has 0 aliphatic rings. The molecule has 0 saturated heterocycles. The van der Waals surface area contributed by atoms with Crippen LogP contribution in [0.5, 0.6) is 0 Å². The number of alkyl halides is 3. The minimum atomic E-state index is -4.92. The molecule has 0 heterocycles. The summed E-state index contributed by atoms with van der Waals surface area (Å²) in [6, 6.07) is 17.1. The lowest BCUT2D eigenvalue weighted by molar-refractivity contribution is -0.164. The van der Waals surface area contributed by atoms with Crippen LogP contribution in [0.4, 0.5) is 18.9 Å². The second-order valence-corrected chi connectivity index (χ2v) is 5.97. The number of anilines is 1. The molecule has 2 aromatic carbocycles. The average Bonchev–Trinajstić information content (AvgIpc) is 2.65. The van der Waals surface area contributed by atoms with E-state index in [1.54, 1.807) is 23.1 Å². The highest BCUT2D eigenvalue weighted by molar-refractivity contribution is 6.23. The zero-order valence-corrected chi connectivity index (χ0v) is 14.7. The van der Waals surface area contributed by atoms with Gasteiger partial charge >= 0.3 is 6.18 Å². The fourth-order valence-electron chi connectivity index (χ4n) is 2.61. The topological polar surface area (TPSA) is 20.3 Å². The summed E-state index contributed by atoms with van der Waals surface area (Å²) in [5, 5.41) is 0. The molecular formula is C21H22F3NO. The standard InChI is InChI=1S/C21H22F3NO/c1-2-3-10-15-25(18-13-8-5-9-14-18)16-19(20(26)21(22,23)24)17-11-6-4-7-12-17/h4-9,11-14,16H,2-3,10,15H2,1H3/b19-16-. The lowest BCUT2D eigenvalue weighted by Gasteiger charge is -2.23. The number of rotatable bonds is 8. The summed E-state index contributed by atoms with van der Waals surface area (Å²) in [7, 11) is 0. The maximum atomic E-state index is 13.1. The third kappa shape index (κ3) is 5.48. The van der Waals surface area contributed by atoms with Gasteiger partial charge in [0.1, 0.15) is 0 Å². The smallest absolute Gasteiger partial charge is 0.347 e. The van der Waals surface area contributed by atoms with Crippen molar-refractivity contribution in [3.05, 3.63) is 72.4 Å². The number of carbonyl (C=O) groups is 1. The first-order chi connectivity index (χ1) is 12.4. The van der Waals surface area contributed by atoms with Crippen molar-refractivity contribution in [2.75, 3.05) is 11.4 Å². The van der Waals surface area contributed by atoms with Crippen molar-refractivity contribution >= 4 is 17.0 Å². The molecular weight excluding hydrogens is 339 g/mol. The molecule has 0 bridgehead atoms. The van der Waals surface area contributed by atoms with Crippen molar-refractivity contribution in [1.29, 1.82) is 0 Å². The van der Waals surface area contributed by atoms with Crippen LogP contribution >= 0.6 is 0 Å². The highest BCUT2D eigenvalue weighted by Gasteiger charge is 2.41. The van der Waals surface area contributed by atoms with Crippen molar-refractivity contribution < 1.29 is 18.0 Å². The van der Waals surface area contributed by atoms with Crippen LogP contribution in [0.15, 0.2) is 66.9 Å². The van der Waals surface area contributed by atoms with Crippen LogP contribution in [0.25, 0.3) is 5.57 Å². The number of nitrogens with zero attached hydrogens (tertiary/aromatic N) is 1. The van der Waals surface area contributed by atoms with Crippen LogP contribution < -0.4 is 4.90 Å². The number of carbonyl (C=O) groups excluding carboxylic acids is 1. The van der Waals surface area contributed by atoms with E-state index in [1.807, 2.05) is 30.3 Å². The Morgan fingerprint density at radius 1 is 0.962 bits per heavy atom. The van der Waals surface area contributed by atoms with Crippen molar-refractivity contribution in [3.8, 4) is 0 Å². The van der Waals surface area contributed by atoms with Gasteiger partial charge in [-0.25, -0.2) is 0 Å². The van der Waals surface area contributed by atoms with Gasteiger partial charge in [0, 0.05) is 18.4 Å². The van der Waals surface area contributed by atoms with Crippen LogP contribution in [0, 0.1) is 0 Å². The van der Waals surface area contributed by atoms with E-state index in [9.17, 15) is 18.0 Å². The highest BCUT2D eigenvalue weighted by atomic mass is 19.4. The van der Waals surface area contributed by atoms with Crippen molar-refractivity contribution in [3.63, 3.8) is 0 Å². The quantitative estimate of drug-likeness (QED) is 0.434. The molecule has 0 aromatic heterocycles. The normalized spacial score (nSPS) is 12.1. The number of para-hydroxylation sites is 1. The Morgan fingerprint density at radius 2 is 1.54 bits per heavy atom. The number of hydrogen-bond acceptors (Lipinski definition) is 2. The van der Waals surface area contributed by atoms with Gasteiger partial charge in [0.15, 0.2) is 0 Å². The first-order valence-electron chi connectivity index (χ1n) is 8.64. The number of Topliss-reactive ketones (excluding diaryl/α,β-unsaturated/α-hetero) is 1. The second kappa shape index (κ2) is 9.22. The van der Waals surface area contributed by atoms with Gasteiger partial charge in [-0.05, 0) is 24.1 Å². The lowest BCUT2D eigenvalue weighted by Crippen LogP contribution is -2.26. The van der Waals surface area contributed by atoms with Gasteiger partial charge in [-0.3, -0.25) is 4.79 Å². The van der Waals surface area contributed by atoms with Crippen LogP contribution in [-0.4, -0.2) is 18.5 Å². The summed E-state index contributed by atoms with van der Waals surface area (Å²) in [5.74, 6) is -1.83. The predicted octanol–water partition coefficient (Wildman–Crippen LogP) is 5.86. The summed E-state index contributed by atoms with van der Waals surface area (Å²) < 4.78 is 39.4. The van der Waals surface area contributed by atoms with E-state index in [2.05, 4.69) is 6.92 Å². The molecule has 0 aliphatic carbocycles. The molecule has 0 amide bonds. The molecule has 26 heavy (non-hydrogen) atoms. The molecule has 5 heteroatoms. The van der Waals surface area contributed by atoms with Gasteiger partial charge in [0.25, 0.3) is 5.78 Å². The zero-order chi connectivity index (χ0) is 19.0. The van der Waals surface area contributed by atoms with E-state index >= 15 is 0 Å². The molecule has 0 spiro atoms. The molecule has 2 nitrogen and oxygen atoms in total. The van der Waals surface area contributed by atoms with E-state index in [0.717, 1.165) is 24.9 Å². The molecule has 138 valence electrons. The predicted molar refractivity (Wildman–Crippen MR) is 98.8 cm³/mol. The molecule has 0 fully saturated rings. The number of hydrogen-bond donors (Lipinski definition) is 0. The Hall–Kier alpha value is -2.56. The Kier molecular flexibility index (Phi) is 7.01. The molecule has 0 radical (unpaired) electrons. The van der Waals surface area contributed by atoms with E-state index in [4.69, 9.17) is 0 Å². The van der Waals surface area contributed by atoms with Gasteiger partial charge in [0.05, 0.1) is 5.57 Å². The van der Waals surface area contributed by atoms with E-state index < -0.39 is 12.0 Å². The molecule has 2 rings (SSSR count). The molecule has 0 N–H and O–H groups in total. The minimum Gasteiger partial charge on any atom is -0.347 e. The van der Waals surface area contributed by atoms with Crippen molar-refractivity contribution in [2.24, 2.45) is 0 Å². The number of unbranched alkanes of at least 4 members (excludes halogenated alkanes) is 2. The fraction of sp³-hybridized carbons (Fsp3) is 0.286. The van der Waals surface area contributed by atoms with Crippen molar-refractivity contribution in [1.82, 2.24) is 0 Å². The first kappa shape index (κ1) is 19.8. The number of halogens is 3. The lowest BCUT2D eigenvalue weighted by atomic mass is 10.0. The van der Waals surface area contributed by atoms with Crippen LogP contribution in [-0.2, 0) is 4.79 Å². The summed E-state index contributed by atoms with van der Waals surface area (Å²) in [5.41, 5.74) is 0.664. The van der Waals surface area contributed by atoms with Gasteiger partial charge < -0.3 is 4.90 Å². The summed E-state index contributed by atoms with van der Waals surface area (Å²) in [6.45, 7) is 2.60. The number of ketones is 1. The number of allylic oxidation sites excluding steroid dienone is 1. The molecule has 2 aromatic rings. The van der Waals surface area contributed by atoms with Crippen LogP contribution in [0.3, 0.4) is 0 Å². The molecule has 0 atom stereocenters. The van der Waals surface area contributed by atoms with E-state index in [0.29, 0.717) is 6.54 Å². The summed E-state index contributed by atoms with van der Waals surface area (Å²) in [6.07, 6.45) is -0.807. The SMILES string of the molecule is CCCCCN(/C=C(\C(=O)C(F)(F)F)c1ccccc1)c1ccccc1. The van der Waals surface area contributed by atoms with Crippen LogP contribution in [0.2, 0.25) is 0 Å². The Labute approximate surface area is 152 Å². The Balaban J connectivity index is 2.46. The average molecular weight is 361 g/mol. The minimum absolute atomic E-state index is 0.256. The van der Waals surface area contributed by atoms with E-state index in [1.165, 1.54) is 18.3 Å². The Bertz CT molecular complexity index is 724. The molecule has 0 unspecified atom stereocenters. The van der Waals surface area contributed by atoms with Gasteiger partial charge in [-0.15, -0.1) is 0 Å². The molecule has 0 saturated carbocycles. The van der Waals surface area contributed by atoms with Gasteiger partial charge in [-0.2, -0.15) is 13.2 Å². The first-order valence-corrected chi connectivity index (χ1v) is 8.64. The van der Waals surface area contributed by atoms with E-state index in [-0.39, 0.29) is 11.1 Å². The molecule has 0 aliphatic heterocycles. The van der Waals surface area contributed by atoms with Crippen molar-refractivity contribution in [2.45, 2.75) is 32.4 Å². The fourth-order valence-corrected chi connectivity index (χ4v) is 2.61. The maximum Gasteiger partial charge on any atom is 0.454 e. The third-order valence-corrected chi connectivity index (χ3v) is 3.96. The number of benzene rings is 2. The highest BCUT2D eigenvalue weighted by Crippen LogP contribution is 2.28. The zero-order valence-electron chi connectivity index (χ0n) is 14.7. The maximum absolute atomic E-state index is 13.1. The largest absolute Gasteiger partial charge is 0.454 e. The van der Waals surface area contributed by atoms with Crippen LogP contribution in [0.1, 0.15) is 31.7 Å².